The Morgan fingerprint density at radius 3 is 2.60 bits per heavy atom. The maximum atomic E-state index is 10.5. The SMILES string of the molecule is COCc1ccccc1CNCc1ccc([N+](=O)[O-])o1. The fourth-order valence-corrected chi connectivity index (χ4v) is 1.91. The number of hydrogen-bond donors (Lipinski definition) is 1. The lowest BCUT2D eigenvalue weighted by molar-refractivity contribution is -0.402. The lowest BCUT2D eigenvalue weighted by Crippen LogP contribution is -2.13. The molecule has 2 rings (SSSR count). The summed E-state index contributed by atoms with van der Waals surface area (Å²) in [4.78, 5) is 9.96. The fraction of sp³-hybridized carbons (Fsp3) is 0.286. The van der Waals surface area contributed by atoms with Gasteiger partial charge in [-0.2, -0.15) is 0 Å². The minimum atomic E-state index is -0.544. The maximum absolute atomic E-state index is 10.5. The van der Waals surface area contributed by atoms with E-state index in [1.54, 1.807) is 13.2 Å². The molecule has 1 aromatic heterocycles. The second-order valence-electron chi connectivity index (χ2n) is 4.30. The van der Waals surface area contributed by atoms with Crippen molar-refractivity contribution in [2.24, 2.45) is 0 Å². The zero-order valence-electron chi connectivity index (χ0n) is 11.2. The van der Waals surface area contributed by atoms with E-state index >= 15 is 0 Å². The lowest BCUT2D eigenvalue weighted by atomic mass is 10.1. The smallest absolute Gasteiger partial charge is 0.404 e. The van der Waals surface area contributed by atoms with Gasteiger partial charge >= 0.3 is 5.88 Å². The van der Waals surface area contributed by atoms with Gasteiger partial charge in [-0.05, 0) is 17.2 Å². The van der Waals surface area contributed by atoms with E-state index in [1.165, 1.54) is 6.07 Å². The van der Waals surface area contributed by atoms with Crippen molar-refractivity contribution < 1.29 is 14.1 Å². The molecule has 6 nitrogen and oxygen atoms in total. The third kappa shape index (κ3) is 3.66. The van der Waals surface area contributed by atoms with Crippen molar-refractivity contribution in [3.8, 4) is 0 Å². The third-order valence-corrected chi connectivity index (χ3v) is 2.86. The average molecular weight is 276 g/mol. The van der Waals surface area contributed by atoms with E-state index in [0.717, 1.165) is 11.1 Å². The summed E-state index contributed by atoms with van der Waals surface area (Å²) >= 11 is 0. The highest BCUT2D eigenvalue weighted by Gasteiger charge is 2.11. The number of methoxy groups -OCH3 is 1. The Labute approximate surface area is 116 Å². The molecule has 2 aromatic rings. The number of nitro groups is 1. The molecular weight excluding hydrogens is 260 g/mol. The monoisotopic (exact) mass is 276 g/mol. The molecule has 0 atom stereocenters. The van der Waals surface area contributed by atoms with Gasteiger partial charge in [-0.3, -0.25) is 10.1 Å². The van der Waals surface area contributed by atoms with Crippen molar-refractivity contribution in [3.05, 3.63) is 63.4 Å². The van der Waals surface area contributed by atoms with Crippen molar-refractivity contribution >= 4 is 5.88 Å². The molecule has 0 aliphatic carbocycles. The largest absolute Gasteiger partial charge is 0.433 e. The Morgan fingerprint density at radius 2 is 1.95 bits per heavy atom. The van der Waals surface area contributed by atoms with Crippen molar-refractivity contribution in [2.45, 2.75) is 19.7 Å². The van der Waals surface area contributed by atoms with Gasteiger partial charge in [-0.1, -0.05) is 24.3 Å². The Kier molecular flexibility index (Phi) is 4.86. The van der Waals surface area contributed by atoms with Gasteiger partial charge < -0.3 is 14.5 Å². The average Bonchev–Trinajstić information content (AvgIpc) is 2.90. The van der Waals surface area contributed by atoms with Gasteiger partial charge in [0.15, 0.2) is 0 Å². The van der Waals surface area contributed by atoms with Crippen molar-refractivity contribution in [1.29, 1.82) is 0 Å². The summed E-state index contributed by atoms with van der Waals surface area (Å²) in [5.74, 6) is 0.308. The highest BCUT2D eigenvalue weighted by atomic mass is 16.6. The molecule has 0 saturated heterocycles. The van der Waals surface area contributed by atoms with Gasteiger partial charge in [0, 0.05) is 13.7 Å². The van der Waals surface area contributed by atoms with Crippen molar-refractivity contribution in [3.63, 3.8) is 0 Å². The summed E-state index contributed by atoms with van der Waals surface area (Å²) in [6, 6.07) is 10.9. The number of rotatable bonds is 7. The van der Waals surface area contributed by atoms with Crippen molar-refractivity contribution in [1.82, 2.24) is 5.32 Å². The molecule has 20 heavy (non-hydrogen) atoms. The number of benzene rings is 1. The summed E-state index contributed by atoms with van der Waals surface area (Å²) < 4.78 is 10.2. The first-order valence-electron chi connectivity index (χ1n) is 6.20. The van der Waals surface area contributed by atoms with Crippen LogP contribution in [0.2, 0.25) is 0 Å². The number of hydrogen-bond acceptors (Lipinski definition) is 5. The Morgan fingerprint density at radius 1 is 1.20 bits per heavy atom. The summed E-state index contributed by atoms with van der Waals surface area (Å²) in [5.41, 5.74) is 2.25. The normalized spacial score (nSPS) is 10.7. The molecule has 0 saturated carbocycles. The van der Waals surface area contributed by atoms with Crippen LogP contribution in [0.5, 0.6) is 0 Å². The number of ether oxygens (including phenoxy) is 1. The minimum Gasteiger partial charge on any atom is -0.404 e. The first-order valence-corrected chi connectivity index (χ1v) is 6.20. The highest BCUT2D eigenvalue weighted by Crippen LogP contribution is 2.15. The van der Waals surface area contributed by atoms with E-state index in [1.807, 2.05) is 24.3 Å². The first kappa shape index (κ1) is 14.2. The first-order chi connectivity index (χ1) is 9.70. The number of nitrogens with one attached hydrogen (secondary N) is 1. The topological polar surface area (TPSA) is 77.5 Å². The maximum Gasteiger partial charge on any atom is 0.433 e. The van der Waals surface area contributed by atoms with Crippen LogP contribution in [0.4, 0.5) is 5.88 Å². The summed E-state index contributed by atoms with van der Waals surface area (Å²) in [6.07, 6.45) is 0. The van der Waals surface area contributed by atoms with E-state index in [9.17, 15) is 10.1 Å². The molecule has 0 fully saturated rings. The van der Waals surface area contributed by atoms with Crippen molar-refractivity contribution in [2.75, 3.05) is 7.11 Å². The zero-order valence-corrected chi connectivity index (χ0v) is 11.2. The number of furan rings is 1. The van der Waals surface area contributed by atoms with Crippen LogP contribution >= 0.6 is 0 Å². The van der Waals surface area contributed by atoms with E-state index in [4.69, 9.17) is 9.15 Å². The van der Waals surface area contributed by atoms with Gasteiger partial charge in [0.1, 0.15) is 10.7 Å². The Balaban J connectivity index is 1.90. The van der Waals surface area contributed by atoms with Crippen LogP contribution in [0.25, 0.3) is 0 Å². The van der Waals surface area contributed by atoms with Crippen LogP contribution in [0.15, 0.2) is 40.8 Å². The van der Waals surface area contributed by atoms with Crippen LogP contribution in [0, 0.1) is 10.1 Å². The van der Waals surface area contributed by atoms with Crippen LogP contribution in [-0.4, -0.2) is 12.0 Å². The summed E-state index contributed by atoms with van der Waals surface area (Å²) in [7, 11) is 1.66. The van der Waals surface area contributed by atoms with Gasteiger partial charge in [0.2, 0.25) is 0 Å². The third-order valence-electron chi connectivity index (χ3n) is 2.86. The molecule has 1 heterocycles. The molecule has 1 aromatic carbocycles. The lowest BCUT2D eigenvalue weighted by Gasteiger charge is -2.09. The molecule has 6 heteroatoms. The van der Waals surface area contributed by atoms with Gasteiger partial charge in [-0.15, -0.1) is 0 Å². The van der Waals surface area contributed by atoms with E-state index in [0.29, 0.717) is 25.5 Å². The van der Waals surface area contributed by atoms with Gasteiger partial charge in [0.25, 0.3) is 0 Å². The molecule has 0 bridgehead atoms. The molecule has 106 valence electrons. The fourth-order valence-electron chi connectivity index (χ4n) is 1.91. The molecule has 0 amide bonds. The molecule has 0 aliphatic heterocycles. The predicted molar refractivity (Wildman–Crippen MR) is 73.1 cm³/mol. The molecule has 0 spiro atoms. The molecule has 0 radical (unpaired) electrons. The molecule has 0 aliphatic rings. The van der Waals surface area contributed by atoms with Crippen LogP contribution in [0.1, 0.15) is 16.9 Å². The zero-order chi connectivity index (χ0) is 14.4. The standard InChI is InChI=1S/C14H16N2O4/c1-19-10-12-5-3-2-4-11(12)8-15-9-13-6-7-14(20-13)16(17)18/h2-7,15H,8-10H2,1H3. The summed E-state index contributed by atoms with van der Waals surface area (Å²) in [6.45, 7) is 1.65. The Bertz CT molecular complexity index is 580. The second-order valence-corrected chi connectivity index (χ2v) is 4.30. The molecular formula is C14H16N2O4. The van der Waals surface area contributed by atoms with Crippen LogP contribution in [0.3, 0.4) is 0 Å². The molecule has 1 N–H and O–H groups in total. The van der Waals surface area contributed by atoms with Crippen LogP contribution in [-0.2, 0) is 24.4 Å². The number of nitrogens with zero attached hydrogens (tertiary/aromatic N) is 1. The van der Waals surface area contributed by atoms with E-state index in [2.05, 4.69) is 5.32 Å². The van der Waals surface area contributed by atoms with Gasteiger partial charge in [-0.25, -0.2) is 0 Å². The van der Waals surface area contributed by atoms with E-state index in [-0.39, 0.29) is 5.88 Å². The van der Waals surface area contributed by atoms with Crippen LogP contribution < -0.4 is 5.32 Å². The van der Waals surface area contributed by atoms with Gasteiger partial charge in [0.05, 0.1) is 19.2 Å². The quantitative estimate of drug-likeness (QED) is 0.621. The minimum absolute atomic E-state index is 0.235. The molecule has 0 unspecified atom stereocenters. The van der Waals surface area contributed by atoms with E-state index < -0.39 is 4.92 Å². The predicted octanol–water partition coefficient (Wildman–Crippen LogP) is 2.62. The Hall–Kier alpha value is -2.18. The summed E-state index contributed by atoms with van der Waals surface area (Å²) in [5, 5.41) is 13.7. The highest BCUT2D eigenvalue weighted by molar-refractivity contribution is 5.26. The second kappa shape index (κ2) is 6.83.